The quantitative estimate of drug-likeness (QED) is 0.674. The standard InChI is InChI=1S/C21H24ClN5/c1-15-9-11-17(12-10-15)23-21(13-4-3-5-14-21)20-24-25-26-27(20)19-8-6-7-18(22)16(19)2/h6-12,23H,3-5,13-14H2,1-2H3. The number of benzene rings is 2. The summed E-state index contributed by atoms with van der Waals surface area (Å²) < 4.78 is 1.85. The average Bonchev–Trinajstić information content (AvgIpc) is 3.17. The number of halogens is 1. The second kappa shape index (κ2) is 7.31. The van der Waals surface area contributed by atoms with Crippen LogP contribution in [0.15, 0.2) is 42.5 Å². The number of anilines is 1. The van der Waals surface area contributed by atoms with Gasteiger partial charge in [-0.25, -0.2) is 0 Å². The Hall–Kier alpha value is -2.40. The van der Waals surface area contributed by atoms with Crippen LogP contribution in [0.5, 0.6) is 0 Å². The van der Waals surface area contributed by atoms with Gasteiger partial charge in [0, 0.05) is 10.7 Å². The molecule has 1 saturated carbocycles. The largest absolute Gasteiger partial charge is 0.373 e. The highest BCUT2D eigenvalue weighted by Crippen LogP contribution is 2.40. The van der Waals surface area contributed by atoms with Crippen molar-refractivity contribution in [2.75, 3.05) is 5.32 Å². The summed E-state index contributed by atoms with van der Waals surface area (Å²) in [4.78, 5) is 0. The molecular weight excluding hydrogens is 358 g/mol. The number of aryl methyl sites for hydroxylation is 1. The van der Waals surface area contributed by atoms with Gasteiger partial charge in [0.25, 0.3) is 0 Å². The number of rotatable bonds is 4. The number of hydrogen-bond acceptors (Lipinski definition) is 4. The van der Waals surface area contributed by atoms with E-state index in [1.165, 1.54) is 12.0 Å². The average molecular weight is 382 g/mol. The van der Waals surface area contributed by atoms with E-state index in [0.717, 1.165) is 53.5 Å². The topological polar surface area (TPSA) is 55.6 Å². The van der Waals surface area contributed by atoms with E-state index in [2.05, 4.69) is 52.0 Å². The molecule has 4 rings (SSSR count). The third-order valence-electron chi connectivity index (χ3n) is 5.51. The zero-order valence-corrected chi connectivity index (χ0v) is 16.5. The summed E-state index contributed by atoms with van der Waals surface area (Å²) in [5.41, 5.74) is 3.97. The van der Waals surface area contributed by atoms with Crippen LogP contribution in [0.25, 0.3) is 5.69 Å². The molecule has 1 aliphatic rings. The zero-order chi connectivity index (χ0) is 18.9. The lowest BCUT2D eigenvalue weighted by molar-refractivity contribution is 0.309. The van der Waals surface area contributed by atoms with Crippen LogP contribution < -0.4 is 5.32 Å². The Morgan fingerprint density at radius 1 is 1.00 bits per heavy atom. The van der Waals surface area contributed by atoms with Crippen molar-refractivity contribution in [3.63, 3.8) is 0 Å². The zero-order valence-electron chi connectivity index (χ0n) is 15.7. The molecule has 0 bridgehead atoms. The highest BCUT2D eigenvalue weighted by Gasteiger charge is 2.39. The molecule has 3 aromatic rings. The summed E-state index contributed by atoms with van der Waals surface area (Å²) in [5, 5.41) is 17.3. The monoisotopic (exact) mass is 381 g/mol. The molecule has 0 saturated heterocycles. The fourth-order valence-corrected chi connectivity index (χ4v) is 4.12. The van der Waals surface area contributed by atoms with Crippen LogP contribution in [0.1, 0.15) is 49.1 Å². The molecule has 0 radical (unpaired) electrons. The molecule has 0 atom stereocenters. The summed E-state index contributed by atoms with van der Waals surface area (Å²) >= 11 is 6.35. The summed E-state index contributed by atoms with van der Waals surface area (Å²) in [6.07, 6.45) is 5.55. The molecule has 140 valence electrons. The van der Waals surface area contributed by atoms with Gasteiger partial charge in [-0.2, -0.15) is 4.68 Å². The number of tetrazole rings is 1. The molecule has 27 heavy (non-hydrogen) atoms. The van der Waals surface area contributed by atoms with Crippen LogP contribution >= 0.6 is 11.6 Å². The molecule has 1 heterocycles. The highest BCUT2D eigenvalue weighted by molar-refractivity contribution is 6.31. The van der Waals surface area contributed by atoms with Crippen LogP contribution in [0.4, 0.5) is 5.69 Å². The van der Waals surface area contributed by atoms with Gasteiger partial charge in [-0.05, 0) is 66.9 Å². The van der Waals surface area contributed by atoms with Crippen molar-refractivity contribution in [2.45, 2.75) is 51.5 Å². The van der Waals surface area contributed by atoms with E-state index in [9.17, 15) is 0 Å². The van der Waals surface area contributed by atoms with Crippen molar-refractivity contribution in [3.05, 3.63) is 64.4 Å². The first kappa shape index (κ1) is 18.0. The van der Waals surface area contributed by atoms with Crippen LogP contribution in [0.2, 0.25) is 5.02 Å². The smallest absolute Gasteiger partial charge is 0.181 e. The lowest BCUT2D eigenvalue weighted by atomic mass is 9.80. The Labute approximate surface area is 164 Å². The van der Waals surface area contributed by atoms with E-state index < -0.39 is 0 Å². The molecule has 1 N–H and O–H groups in total. The lowest BCUT2D eigenvalue weighted by Crippen LogP contribution is -2.40. The molecule has 5 nitrogen and oxygen atoms in total. The second-order valence-electron chi connectivity index (χ2n) is 7.43. The van der Waals surface area contributed by atoms with Crippen molar-refractivity contribution in [1.29, 1.82) is 0 Å². The maximum Gasteiger partial charge on any atom is 0.181 e. The van der Waals surface area contributed by atoms with Crippen molar-refractivity contribution in [2.24, 2.45) is 0 Å². The Balaban J connectivity index is 1.79. The Kier molecular flexibility index (Phi) is 4.87. The summed E-state index contributed by atoms with van der Waals surface area (Å²) in [5.74, 6) is 0.855. The van der Waals surface area contributed by atoms with Gasteiger partial charge in [0.1, 0.15) is 0 Å². The van der Waals surface area contributed by atoms with Gasteiger partial charge < -0.3 is 5.32 Å². The third-order valence-corrected chi connectivity index (χ3v) is 5.92. The Bertz CT molecular complexity index is 926. The van der Waals surface area contributed by atoms with Crippen molar-refractivity contribution < 1.29 is 0 Å². The first-order chi connectivity index (χ1) is 13.1. The maximum absolute atomic E-state index is 6.35. The first-order valence-electron chi connectivity index (χ1n) is 9.48. The van der Waals surface area contributed by atoms with E-state index in [0.29, 0.717) is 0 Å². The molecule has 0 unspecified atom stereocenters. The van der Waals surface area contributed by atoms with Gasteiger partial charge >= 0.3 is 0 Å². The van der Waals surface area contributed by atoms with Crippen LogP contribution in [-0.2, 0) is 5.54 Å². The SMILES string of the molecule is Cc1ccc(NC2(c3nnnn3-c3cccc(Cl)c3C)CCCCC2)cc1. The van der Waals surface area contributed by atoms with E-state index in [1.807, 2.05) is 29.8 Å². The Morgan fingerprint density at radius 2 is 1.74 bits per heavy atom. The van der Waals surface area contributed by atoms with Gasteiger partial charge in [-0.15, -0.1) is 5.10 Å². The molecule has 1 fully saturated rings. The van der Waals surface area contributed by atoms with Gasteiger partial charge in [0.15, 0.2) is 5.82 Å². The van der Waals surface area contributed by atoms with E-state index in [-0.39, 0.29) is 5.54 Å². The summed E-state index contributed by atoms with van der Waals surface area (Å²) in [6.45, 7) is 4.10. The third kappa shape index (κ3) is 3.44. The maximum atomic E-state index is 6.35. The number of nitrogens with one attached hydrogen (secondary N) is 1. The van der Waals surface area contributed by atoms with Gasteiger partial charge in [0.05, 0.1) is 11.2 Å². The predicted octanol–water partition coefficient (Wildman–Crippen LogP) is 5.20. The summed E-state index contributed by atoms with van der Waals surface area (Å²) in [6, 6.07) is 14.4. The van der Waals surface area contributed by atoms with Gasteiger partial charge in [0.2, 0.25) is 0 Å². The number of nitrogens with zero attached hydrogens (tertiary/aromatic N) is 4. The molecule has 2 aromatic carbocycles. The molecule has 0 amide bonds. The van der Waals surface area contributed by atoms with E-state index in [4.69, 9.17) is 11.6 Å². The minimum atomic E-state index is -0.286. The Morgan fingerprint density at radius 3 is 2.48 bits per heavy atom. The molecule has 0 spiro atoms. The molecule has 1 aliphatic carbocycles. The predicted molar refractivity (Wildman–Crippen MR) is 108 cm³/mol. The molecule has 1 aromatic heterocycles. The van der Waals surface area contributed by atoms with Crippen LogP contribution in [0.3, 0.4) is 0 Å². The van der Waals surface area contributed by atoms with Gasteiger partial charge in [-0.1, -0.05) is 54.6 Å². The first-order valence-corrected chi connectivity index (χ1v) is 9.86. The van der Waals surface area contributed by atoms with Gasteiger partial charge in [-0.3, -0.25) is 0 Å². The second-order valence-corrected chi connectivity index (χ2v) is 7.84. The van der Waals surface area contributed by atoms with Crippen LogP contribution in [0, 0.1) is 13.8 Å². The van der Waals surface area contributed by atoms with Crippen LogP contribution in [-0.4, -0.2) is 20.2 Å². The molecule has 0 aliphatic heterocycles. The fraction of sp³-hybridized carbons (Fsp3) is 0.381. The number of hydrogen-bond donors (Lipinski definition) is 1. The minimum absolute atomic E-state index is 0.286. The normalized spacial score (nSPS) is 16.3. The minimum Gasteiger partial charge on any atom is -0.373 e. The summed E-state index contributed by atoms with van der Waals surface area (Å²) in [7, 11) is 0. The fourth-order valence-electron chi connectivity index (χ4n) is 3.95. The van der Waals surface area contributed by atoms with Crippen molar-refractivity contribution in [1.82, 2.24) is 20.2 Å². The highest BCUT2D eigenvalue weighted by atomic mass is 35.5. The molecular formula is C21H24ClN5. The van der Waals surface area contributed by atoms with E-state index in [1.54, 1.807) is 0 Å². The lowest BCUT2D eigenvalue weighted by Gasteiger charge is -2.37. The van der Waals surface area contributed by atoms with Crippen molar-refractivity contribution in [3.8, 4) is 5.69 Å². The number of aromatic nitrogens is 4. The van der Waals surface area contributed by atoms with Crippen molar-refractivity contribution >= 4 is 17.3 Å². The molecule has 6 heteroatoms. The van der Waals surface area contributed by atoms with E-state index >= 15 is 0 Å².